The fourth-order valence-corrected chi connectivity index (χ4v) is 2.60. The SMILES string of the molecule is CCCN(CCC)C(=O)c1ccnc(Nc2ccccc2OC(C)C)n1. The van der Waals surface area contributed by atoms with E-state index in [0.717, 1.165) is 37.4 Å². The Morgan fingerprint density at radius 3 is 2.50 bits per heavy atom. The summed E-state index contributed by atoms with van der Waals surface area (Å²) in [6, 6.07) is 9.27. The van der Waals surface area contributed by atoms with Crippen LogP contribution in [0, 0.1) is 0 Å². The summed E-state index contributed by atoms with van der Waals surface area (Å²) in [6.45, 7) is 9.53. The maximum atomic E-state index is 12.7. The molecule has 0 saturated heterocycles. The van der Waals surface area contributed by atoms with Crippen LogP contribution in [0.5, 0.6) is 5.75 Å². The van der Waals surface area contributed by atoms with E-state index in [4.69, 9.17) is 4.74 Å². The minimum absolute atomic E-state index is 0.0587. The number of carbonyl (C=O) groups excluding carboxylic acids is 1. The topological polar surface area (TPSA) is 67.4 Å². The second-order valence-electron chi connectivity index (χ2n) is 6.35. The molecule has 140 valence electrons. The molecule has 0 aliphatic rings. The largest absolute Gasteiger partial charge is 0.489 e. The van der Waals surface area contributed by atoms with Gasteiger partial charge in [0.1, 0.15) is 11.4 Å². The predicted octanol–water partition coefficient (Wildman–Crippen LogP) is 4.27. The molecule has 6 nitrogen and oxygen atoms in total. The predicted molar refractivity (Wildman–Crippen MR) is 104 cm³/mol. The van der Waals surface area contributed by atoms with Crippen LogP contribution in [0.3, 0.4) is 0 Å². The molecule has 1 heterocycles. The zero-order valence-electron chi connectivity index (χ0n) is 16.0. The van der Waals surface area contributed by atoms with Crippen LogP contribution in [-0.2, 0) is 0 Å². The quantitative estimate of drug-likeness (QED) is 0.727. The molecule has 1 aromatic carbocycles. The molecule has 1 N–H and O–H groups in total. The maximum absolute atomic E-state index is 12.7. The molecule has 1 aromatic heterocycles. The molecule has 2 rings (SSSR count). The number of para-hydroxylation sites is 2. The fraction of sp³-hybridized carbons (Fsp3) is 0.450. The van der Waals surface area contributed by atoms with Crippen LogP contribution in [0.15, 0.2) is 36.5 Å². The first kappa shape index (κ1) is 19.7. The highest BCUT2D eigenvalue weighted by Gasteiger charge is 2.16. The average molecular weight is 356 g/mol. The third-order valence-corrected chi connectivity index (χ3v) is 3.65. The van der Waals surface area contributed by atoms with Crippen LogP contribution in [0.4, 0.5) is 11.6 Å². The number of benzene rings is 1. The van der Waals surface area contributed by atoms with Gasteiger partial charge in [0.2, 0.25) is 5.95 Å². The minimum Gasteiger partial charge on any atom is -0.489 e. The van der Waals surface area contributed by atoms with Gasteiger partial charge in [-0.05, 0) is 44.9 Å². The Kier molecular flexibility index (Phi) is 7.38. The second-order valence-corrected chi connectivity index (χ2v) is 6.35. The van der Waals surface area contributed by atoms with E-state index in [9.17, 15) is 4.79 Å². The summed E-state index contributed by atoms with van der Waals surface area (Å²) >= 11 is 0. The Hall–Kier alpha value is -2.63. The van der Waals surface area contributed by atoms with Crippen molar-refractivity contribution in [2.45, 2.75) is 46.6 Å². The molecule has 0 bridgehead atoms. The van der Waals surface area contributed by atoms with Crippen molar-refractivity contribution >= 4 is 17.5 Å². The number of hydrogen-bond donors (Lipinski definition) is 1. The van der Waals surface area contributed by atoms with Crippen LogP contribution in [-0.4, -0.2) is 40.0 Å². The third-order valence-electron chi connectivity index (χ3n) is 3.65. The third kappa shape index (κ3) is 5.44. The lowest BCUT2D eigenvalue weighted by Gasteiger charge is -2.21. The smallest absolute Gasteiger partial charge is 0.272 e. The van der Waals surface area contributed by atoms with Crippen LogP contribution < -0.4 is 10.1 Å². The Morgan fingerprint density at radius 1 is 1.15 bits per heavy atom. The maximum Gasteiger partial charge on any atom is 0.272 e. The molecule has 0 spiro atoms. The summed E-state index contributed by atoms with van der Waals surface area (Å²) < 4.78 is 5.80. The van der Waals surface area contributed by atoms with Gasteiger partial charge in [-0.15, -0.1) is 0 Å². The lowest BCUT2D eigenvalue weighted by Crippen LogP contribution is -2.33. The van der Waals surface area contributed by atoms with Crippen molar-refractivity contribution in [3.63, 3.8) is 0 Å². The van der Waals surface area contributed by atoms with E-state index < -0.39 is 0 Å². The first-order valence-corrected chi connectivity index (χ1v) is 9.20. The van der Waals surface area contributed by atoms with Gasteiger partial charge >= 0.3 is 0 Å². The van der Waals surface area contributed by atoms with Crippen LogP contribution in [0.25, 0.3) is 0 Å². The van der Waals surface area contributed by atoms with Crippen LogP contribution in [0.1, 0.15) is 51.0 Å². The van der Waals surface area contributed by atoms with Gasteiger partial charge in [0.25, 0.3) is 5.91 Å². The molecule has 1 amide bonds. The van der Waals surface area contributed by atoms with Gasteiger partial charge in [0.05, 0.1) is 11.8 Å². The average Bonchev–Trinajstić information content (AvgIpc) is 2.62. The van der Waals surface area contributed by atoms with Gasteiger partial charge in [-0.25, -0.2) is 9.97 Å². The number of anilines is 2. The molecule has 26 heavy (non-hydrogen) atoms. The lowest BCUT2D eigenvalue weighted by molar-refractivity contribution is 0.0749. The second kappa shape index (κ2) is 9.75. The van der Waals surface area contributed by atoms with Crippen molar-refractivity contribution in [1.29, 1.82) is 0 Å². The molecule has 0 unspecified atom stereocenters. The summed E-state index contributed by atoms with van der Waals surface area (Å²) in [5, 5.41) is 3.16. The zero-order chi connectivity index (χ0) is 18.9. The van der Waals surface area contributed by atoms with Gasteiger partial charge in [-0.3, -0.25) is 4.79 Å². The van der Waals surface area contributed by atoms with E-state index in [2.05, 4.69) is 29.1 Å². The monoisotopic (exact) mass is 356 g/mol. The molecule has 0 atom stereocenters. The first-order chi connectivity index (χ1) is 12.5. The molecular weight excluding hydrogens is 328 g/mol. The van der Waals surface area contributed by atoms with E-state index in [1.807, 2.05) is 43.0 Å². The number of nitrogens with zero attached hydrogens (tertiary/aromatic N) is 3. The number of aromatic nitrogens is 2. The fourth-order valence-electron chi connectivity index (χ4n) is 2.60. The lowest BCUT2D eigenvalue weighted by atomic mass is 10.3. The van der Waals surface area contributed by atoms with Gasteiger partial charge in [0, 0.05) is 19.3 Å². The number of rotatable bonds is 9. The van der Waals surface area contributed by atoms with E-state index in [1.54, 1.807) is 12.3 Å². The first-order valence-electron chi connectivity index (χ1n) is 9.20. The summed E-state index contributed by atoms with van der Waals surface area (Å²) in [4.78, 5) is 23.2. The standard InChI is InChI=1S/C20H28N4O2/c1-5-13-24(14-6-2)19(25)17-11-12-21-20(23-17)22-16-9-7-8-10-18(16)26-15(3)4/h7-12,15H,5-6,13-14H2,1-4H3,(H,21,22,23). The number of nitrogens with one attached hydrogen (secondary N) is 1. The van der Waals surface area contributed by atoms with E-state index >= 15 is 0 Å². The van der Waals surface area contributed by atoms with Gasteiger partial charge < -0.3 is 15.0 Å². The summed E-state index contributed by atoms with van der Waals surface area (Å²) in [5.74, 6) is 1.04. The molecular formula is C20H28N4O2. The van der Waals surface area contributed by atoms with Crippen molar-refractivity contribution in [3.8, 4) is 5.75 Å². The van der Waals surface area contributed by atoms with E-state index in [1.165, 1.54) is 0 Å². The van der Waals surface area contributed by atoms with Crippen molar-refractivity contribution in [3.05, 3.63) is 42.2 Å². The van der Waals surface area contributed by atoms with E-state index in [0.29, 0.717) is 11.6 Å². The van der Waals surface area contributed by atoms with E-state index in [-0.39, 0.29) is 12.0 Å². The number of ether oxygens (including phenoxy) is 1. The highest BCUT2D eigenvalue weighted by molar-refractivity contribution is 5.92. The van der Waals surface area contributed by atoms with Crippen molar-refractivity contribution in [1.82, 2.24) is 14.9 Å². The Bertz CT molecular complexity index is 712. The van der Waals surface area contributed by atoms with Gasteiger partial charge in [-0.2, -0.15) is 0 Å². The van der Waals surface area contributed by atoms with Gasteiger partial charge in [0.15, 0.2) is 0 Å². The highest BCUT2D eigenvalue weighted by atomic mass is 16.5. The molecule has 0 aliphatic heterocycles. The summed E-state index contributed by atoms with van der Waals surface area (Å²) in [6.07, 6.45) is 3.50. The Balaban J connectivity index is 2.20. The molecule has 6 heteroatoms. The number of carbonyl (C=O) groups is 1. The minimum atomic E-state index is -0.0640. The normalized spacial score (nSPS) is 10.7. The highest BCUT2D eigenvalue weighted by Crippen LogP contribution is 2.27. The molecule has 0 saturated carbocycles. The number of amides is 1. The molecule has 0 aliphatic carbocycles. The molecule has 0 radical (unpaired) electrons. The summed E-state index contributed by atoms with van der Waals surface area (Å²) in [5.41, 5.74) is 1.16. The Morgan fingerprint density at radius 2 is 1.85 bits per heavy atom. The zero-order valence-corrected chi connectivity index (χ0v) is 16.0. The number of hydrogen-bond acceptors (Lipinski definition) is 5. The van der Waals surface area contributed by atoms with Crippen LogP contribution >= 0.6 is 0 Å². The molecule has 2 aromatic rings. The van der Waals surface area contributed by atoms with Crippen molar-refractivity contribution in [2.75, 3.05) is 18.4 Å². The molecule has 0 fully saturated rings. The van der Waals surface area contributed by atoms with Crippen molar-refractivity contribution in [2.24, 2.45) is 0 Å². The van der Waals surface area contributed by atoms with Crippen LogP contribution in [0.2, 0.25) is 0 Å². The summed E-state index contributed by atoms with van der Waals surface area (Å²) in [7, 11) is 0. The Labute approximate surface area is 155 Å². The van der Waals surface area contributed by atoms with Gasteiger partial charge in [-0.1, -0.05) is 26.0 Å². The van der Waals surface area contributed by atoms with Crippen molar-refractivity contribution < 1.29 is 9.53 Å².